The van der Waals surface area contributed by atoms with Crippen LogP contribution in [-0.2, 0) is 20.8 Å². The molecule has 0 aliphatic carbocycles. The summed E-state index contributed by atoms with van der Waals surface area (Å²) in [7, 11) is 1.46. The van der Waals surface area contributed by atoms with Gasteiger partial charge in [-0.1, -0.05) is 6.92 Å². The van der Waals surface area contributed by atoms with Crippen LogP contribution >= 0.6 is 11.3 Å². The number of carboxylic acids is 2. The van der Waals surface area contributed by atoms with Crippen LogP contribution in [0.1, 0.15) is 33.5 Å². The SMILES string of the molecule is CN=C(N)c1ccc(OC(=O)c2ccc(C[C@@H](C)C(=O)N[C@@H](CC(=O)O)C(=O)O)s2)c(F)c1. The van der Waals surface area contributed by atoms with Gasteiger partial charge >= 0.3 is 17.9 Å². The van der Waals surface area contributed by atoms with Gasteiger partial charge in [0.1, 0.15) is 16.8 Å². The number of rotatable bonds is 10. The molecule has 2 aromatic rings. The number of carbonyl (C=O) groups is 4. The van der Waals surface area contributed by atoms with Crippen molar-refractivity contribution in [3.63, 3.8) is 0 Å². The number of hydrogen-bond donors (Lipinski definition) is 4. The van der Waals surface area contributed by atoms with E-state index in [0.29, 0.717) is 10.4 Å². The molecule has 0 aliphatic heterocycles. The molecule has 10 nitrogen and oxygen atoms in total. The van der Waals surface area contributed by atoms with E-state index in [9.17, 15) is 23.6 Å². The molecular formula is C21H22FN3O7S. The summed E-state index contributed by atoms with van der Waals surface area (Å²) in [5, 5.41) is 20.0. The second kappa shape index (κ2) is 11.2. The summed E-state index contributed by atoms with van der Waals surface area (Å²) in [6.45, 7) is 1.54. The maximum absolute atomic E-state index is 14.2. The third-order valence-electron chi connectivity index (χ3n) is 4.48. The van der Waals surface area contributed by atoms with Crippen LogP contribution in [0.2, 0.25) is 0 Å². The highest BCUT2D eigenvalue weighted by Crippen LogP contribution is 2.24. The number of aliphatic imine (C=N–C) groups is 1. The first kappa shape index (κ1) is 25.5. The smallest absolute Gasteiger partial charge is 0.353 e. The molecular weight excluding hydrogens is 457 g/mol. The van der Waals surface area contributed by atoms with Gasteiger partial charge in [-0.05, 0) is 36.8 Å². The molecule has 0 radical (unpaired) electrons. The van der Waals surface area contributed by atoms with E-state index in [0.717, 1.165) is 17.4 Å². The summed E-state index contributed by atoms with van der Waals surface area (Å²) in [6, 6.07) is 5.33. The molecule has 2 atom stereocenters. The van der Waals surface area contributed by atoms with Crippen molar-refractivity contribution >= 4 is 41.0 Å². The largest absolute Gasteiger partial charge is 0.481 e. The molecule has 1 aromatic carbocycles. The highest BCUT2D eigenvalue weighted by molar-refractivity contribution is 7.13. The molecule has 0 fully saturated rings. The maximum atomic E-state index is 14.2. The number of hydrogen-bond acceptors (Lipinski definition) is 7. The standard InChI is InChI=1S/C21H22FN3O7S/c1-10(19(28)25-14(20(29)30)9-17(26)27)7-12-4-6-16(33-12)21(31)32-15-5-3-11(8-13(15)22)18(23)24-2/h3-6,8,10,14H,7,9H2,1-2H3,(H2,23,24)(H,25,28)(H,26,27)(H,29,30)/t10-,14+/m1/s1. The summed E-state index contributed by atoms with van der Waals surface area (Å²) in [6.07, 6.45) is -0.583. The summed E-state index contributed by atoms with van der Waals surface area (Å²) in [4.78, 5) is 51.0. The number of carboxylic acid groups (broad SMARTS) is 2. The summed E-state index contributed by atoms with van der Waals surface area (Å²) >= 11 is 1.03. The monoisotopic (exact) mass is 479 g/mol. The van der Waals surface area contributed by atoms with Crippen LogP contribution in [0, 0.1) is 11.7 Å². The quantitative estimate of drug-likeness (QED) is 0.173. The van der Waals surface area contributed by atoms with Gasteiger partial charge in [-0.15, -0.1) is 11.3 Å². The minimum atomic E-state index is -1.55. The zero-order chi connectivity index (χ0) is 24.7. The lowest BCUT2D eigenvalue weighted by molar-refractivity contribution is -0.147. The first-order valence-corrected chi connectivity index (χ1v) is 10.4. The number of halogens is 1. The van der Waals surface area contributed by atoms with Crippen LogP contribution in [-0.4, -0.2) is 53.0 Å². The highest BCUT2D eigenvalue weighted by atomic mass is 32.1. The second-order valence-electron chi connectivity index (χ2n) is 7.01. The molecule has 2 rings (SSSR count). The third-order valence-corrected chi connectivity index (χ3v) is 5.57. The molecule has 1 heterocycles. The fourth-order valence-corrected chi connectivity index (χ4v) is 3.72. The normalized spacial score (nSPS) is 13.1. The van der Waals surface area contributed by atoms with Gasteiger partial charge < -0.3 is 26.0 Å². The number of nitrogens with one attached hydrogen (secondary N) is 1. The predicted molar refractivity (Wildman–Crippen MR) is 117 cm³/mol. The number of amides is 1. The van der Waals surface area contributed by atoms with Crippen LogP contribution in [0.3, 0.4) is 0 Å². The van der Waals surface area contributed by atoms with E-state index in [1.807, 2.05) is 0 Å². The van der Waals surface area contributed by atoms with Gasteiger partial charge in [0.15, 0.2) is 11.6 Å². The van der Waals surface area contributed by atoms with Gasteiger partial charge in [0.25, 0.3) is 0 Å². The number of nitrogens with zero attached hydrogens (tertiary/aromatic N) is 1. The molecule has 176 valence electrons. The van der Waals surface area contributed by atoms with E-state index >= 15 is 0 Å². The first-order chi connectivity index (χ1) is 15.5. The maximum Gasteiger partial charge on any atom is 0.353 e. The van der Waals surface area contributed by atoms with Crippen molar-refractivity contribution in [3.8, 4) is 5.75 Å². The minimum absolute atomic E-state index is 0.130. The van der Waals surface area contributed by atoms with E-state index in [-0.39, 0.29) is 22.9 Å². The molecule has 33 heavy (non-hydrogen) atoms. The topological polar surface area (TPSA) is 168 Å². The lowest BCUT2D eigenvalue weighted by Gasteiger charge is -2.16. The number of nitrogens with two attached hydrogens (primary N) is 1. The Kier molecular flexibility index (Phi) is 8.63. The Hall–Kier alpha value is -3.80. The Bertz CT molecular complexity index is 1100. The van der Waals surface area contributed by atoms with E-state index in [4.69, 9.17) is 20.7 Å². The molecule has 1 amide bonds. The Labute approximate surface area is 191 Å². The number of aliphatic carboxylic acids is 2. The summed E-state index contributed by atoms with van der Waals surface area (Å²) in [5.41, 5.74) is 5.97. The van der Waals surface area contributed by atoms with Crippen LogP contribution < -0.4 is 15.8 Å². The van der Waals surface area contributed by atoms with Gasteiger partial charge in [-0.2, -0.15) is 0 Å². The van der Waals surface area contributed by atoms with E-state index in [1.54, 1.807) is 6.07 Å². The number of esters is 1. The first-order valence-electron chi connectivity index (χ1n) is 9.59. The van der Waals surface area contributed by atoms with Crippen LogP contribution in [0.25, 0.3) is 0 Å². The van der Waals surface area contributed by atoms with Crippen molar-refractivity contribution in [2.24, 2.45) is 16.6 Å². The number of amidine groups is 1. The molecule has 0 saturated carbocycles. The average Bonchev–Trinajstić information content (AvgIpc) is 3.22. The fourth-order valence-electron chi connectivity index (χ4n) is 2.70. The summed E-state index contributed by atoms with van der Waals surface area (Å²) < 4.78 is 19.3. The zero-order valence-electron chi connectivity index (χ0n) is 17.7. The van der Waals surface area contributed by atoms with Gasteiger partial charge in [0.05, 0.1) is 6.42 Å². The number of carbonyl (C=O) groups excluding carboxylic acids is 2. The molecule has 5 N–H and O–H groups in total. The lowest BCUT2D eigenvalue weighted by Crippen LogP contribution is -2.44. The van der Waals surface area contributed by atoms with Crippen molar-refractivity contribution < 1.29 is 38.5 Å². The highest BCUT2D eigenvalue weighted by Gasteiger charge is 2.26. The number of thiophene rings is 1. The minimum Gasteiger partial charge on any atom is -0.481 e. The Morgan fingerprint density at radius 2 is 1.91 bits per heavy atom. The molecule has 0 unspecified atom stereocenters. The van der Waals surface area contributed by atoms with Crippen molar-refractivity contribution in [2.75, 3.05) is 7.05 Å². The van der Waals surface area contributed by atoms with Gasteiger partial charge in [-0.25, -0.2) is 14.0 Å². The molecule has 0 spiro atoms. The fraction of sp³-hybridized carbons (Fsp3) is 0.286. The molecule has 0 bridgehead atoms. The zero-order valence-corrected chi connectivity index (χ0v) is 18.5. The molecule has 12 heteroatoms. The van der Waals surface area contributed by atoms with Crippen molar-refractivity contribution in [3.05, 3.63) is 51.5 Å². The number of benzene rings is 1. The molecule has 0 aliphatic rings. The van der Waals surface area contributed by atoms with Crippen molar-refractivity contribution in [1.82, 2.24) is 5.32 Å². The average molecular weight is 479 g/mol. The predicted octanol–water partition coefficient (Wildman–Crippen LogP) is 1.66. The third kappa shape index (κ3) is 7.10. The van der Waals surface area contributed by atoms with Gasteiger partial charge in [-0.3, -0.25) is 14.6 Å². The van der Waals surface area contributed by atoms with Gasteiger partial charge in [0.2, 0.25) is 5.91 Å². The van der Waals surface area contributed by atoms with E-state index < -0.39 is 48.0 Å². The van der Waals surface area contributed by atoms with Crippen LogP contribution in [0.4, 0.5) is 4.39 Å². The Balaban J connectivity index is 2.01. The Morgan fingerprint density at radius 3 is 2.48 bits per heavy atom. The van der Waals surface area contributed by atoms with Crippen LogP contribution in [0.15, 0.2) is 35.3 Å². The van der Waals surface area contributed by atoms with E-state index in [2.05, 4.69) is 10.3 Å². The van der Waals surface area contributed by atoms with Gasteiger partial charge in [0, 0.05) is 23.4 Å². The summed E-state index contributed by atoms with van der Waals surface area (Å²) in [5.74, 6) is -5.88. The number of ether oxygens (including phenoxy) is 1. The van der Waals surface area contributed by atoms with Crippen molar-refractivity contribution in [2.45, 2.75) is 25.8 Å². The molecule has 0 saturated heterocycles. The molecule has 1 aromatic heterocycles. The van der Waals surface area contributed by atoms with E-state index in [1.165, 1.54) is 32.2 Å². The van der Waals surface area contributed by atoms with Crippen LogP contribution in [0.5, 0.6) is 5.75 Å². The lowest BCUT2D eigenvalue weighted by atomic mass is 10.0. The second-order valence-corrected chi connectivity index (χ2v) is 8.18. The van der Waals surface area contributed by atoms with Crippen molar-refractivity contribution in [1.29, 1.82) is 0 Å². The Morgan fingerprint density at radius 1 is 1.21 bits per heavy atom.